The number of anilines is 2. The topological polar surface area (TPSA) is 54.0 Å². The van der Waals surface area contributed by atoms with E-state index in [1.807, 2.05) is 25.1 Å². The fraction of sp³-hybridized carbons (Fsp3) is 0.100. The average molecular weight is 335 g/mol. The van der Waals surface area contributed by atoms with Crippen molar-refractivity contribution < 1.29 is 9.18 Å². The number of rotatable bonds is 5. The highest BCUT2D eigenvalue weighted by Crippen LogP contribution is 2.14. The maximum absolute atomic E-state index is 13.6. The molecule has 25 heavy (non-hydrogen) atoms. The van der Waals surface area contributed by atoms with Crippen molar-refractivity contribution in [3.63, 3.8) is 0 Å². The van der Waals surface area contributed by atoms with Crippen LogP contribution in [0.2, 0.25) is 0 Å². The first-order valence-corrected chi connectivity index (χ1v) is 7.94. The fourth-order valence-electron chi connectivity index (χ4n) is 2.42. The summed E-state index contributed by atoms with van der Waals surface area (Å²) in [5.74, 6) is 0.0208. The minimum absolute atomic E-state index is 0.197. The van der Waals surface area contributed by atoms with Crippen LogP contribution >= 0.6 is 0 Å². The Morgan fingerprint density at radius 1 is 1.04 bits per heavy atom. The molecule has 0 aliphatic carbocycles. The minimum Gasteiger partial charge on any atom is -0.380 e. The monoisotopic (exact) mass is 335 g/mol. The summed E-state index contributed by atoms with van der Waals surface area (Å²) in [6.45, 7) is 2.25. The Morgan fingerprint density at radius 2 is 1.80 bits per heavy atom. The van der Waals surface area contributed by atoms with E-state index in [-0.39, 0.29) is 11.7 Å². The van der Waals surface area contributed by atoms with Crippen LogP contribution in [0.1, 0.15) is 21.5 Å². The van der Waals surface area contributed by atoms with Gasteiger partial charge in [-0.05, 0) is 36.8 Å². The molecule has 0 fully saturated rings. The van der Waals surface area contributed by atoms with E-state index in [4.69, 9.17) is 0 Å². The number of hydrogen-bond donors (Lipinski definition) is 2. The van der Waals surface area contributed by atoms with Crippen LogP contribution in [0.4, 0.5) is 15.9 Å². The number of carbonyl (C=O) groups excluding carboxylic acids is 1. The highest BCUT2D eigenvalue weighted by atomic mass is 19.1. The molecule has 1 heterocycles. The Kier molecular flexibility index (Phi) is 5.04. The SMILES string of the molecule is Cc1ccccc1C(=O)Nc1ccc(NCc2ccccc2F)cn1. The van der Waals surface area contributed by atoms with Crippen molar-refractivity contribution >= 4 is 17.4 Å². The van der Waals surface area contributed by atoms with Crippen LogP contribution in [0, 0.1) is 12.7 Å². The molecule has 0 aliphatic heterocycles. The number of halogens is 1. The zero-order valence-electron chi connectivity index (χ0n) is 13.8. The third-order valence-corrected chi connectivity index (χ3v) is 3.84. The zero-order valence-corrected chi connectivity index (χ0v) is 13.8. The summed E-state index contributed by atoms with van der Waals surface area (Å²) in [5.41, 5.74) is 2.85. The number of aromatic nitrogens is 1. The van der Waals surface area contributed by atoms with E-state index in [9.17, 15) is 9.18 Å². The summed E-state index contributed by atoms with van der Waals surface area (Å²) in [6.07, 6.45) is 1.61. The van der Waals surface area contributed by atoms with Crippen molar-refractivity contribution in [1.82, 2.24) is 4.98 Å². The summed E-state index contributed by atoms with van der Waals surface area (Å²) < 4.78 is 13.6. The van der Waals surface area contributed by atoms with Gasteiger partial charge >= 0.3 is 0 Å². The van der Waals surface area contributed by atoms with Gasteiger partial charge < -0.3 is 10.6 Å². The molecule has 126 valence electrons. The smallest absolute Gasteiger partial charge is 0.257 e. The quantitative estimate of drug-likeness (QED) is 0.727. The molecule has 0 bridgehead atoms. The number of carbonyl (C=O) groups is 1. The van der Waals surface area contributed by atoms with Crippen molar-refractivity contribution in [2.24, 2.45) is 0 Å². The third kappa shape index (κ3) is 4.20. The van der Waals surface area contributed by atoms with Gasteiger partial charge in [0.25, 0.3) is 5.91 Å². The second-order valence-corrected chi connectivity index (χ2v) is 5.65. The Morgan fingerprint density at radius 3 is 2.52 bits per heavy atom. The molecule has 5 heteroatoms. The van der Waals surface area contributed by atoms with Crippen molar-refractivity contribution in [2.75, 3.05) is 10.6 Å². The van der Waals surface area contributed by atoms with Gasteiger partial charge in [-0.1, -0.05) is 36.4 Å². The number of pyridine rings is 1. The van der Waals surface area contributed by atoms with Crippen molar-refractivity contribution in [1.29, 1.82) is 0 Å². The predicted molar refractivity (Wildman–Crippen MR) is 97.1 cm³/mol. The van der Waals surface area contributed by atoms with E-state index in [2.05, 4.69) is 15.6 Å². The van der Waals surface area contributed by atoms with E-state index in [1.54, 1.807) is 42.6 Å². The number of hydrogen-bond acceptors (Lipinski definition) is 3. The average Bonchev–Trinajstić information content (AvgIpc) is 2.62. The van der Waals surface area contributed by atoms with Crippen LogP contribution in [0.25, 0.3) is 0 Å². The van der Waals surface area contributed by atoms with Gasteiger partial charge in [0, 0.05) is 17.7 Å². The maximum atomic E-state index is 13.6. The first kappa shape index (κ1) is 16.6. The van der Waals surface area contributed by atoms with Crippen molar-refractivity contribution in [3.05, 3.63) is 89.4 Å². The van der Waals surface area contributed by atoms with Gasteiger partial charge in [0.1, 0.15) is 11.6 Å². The van der Waals surface area contributed by atoms with Crippen LogP contribution < -0.4 is 10.6 Å². The molecule has 0 aliphatic rings. The Bertz CT molecular complexity index is 878. The van der Waals surface area contributed by atoms with Gasteiger partial charge in [-0.15, -0.1) is 0 Å². The number of nitrogens with one attached hydrogen (secondary N) is 2. The molecule has 0 saturated carbocycles. The summed E-state index contributed by atoms with van der Waals surface area (Å²) in [4.78, 5) is 16.5. The lowest BCUT2D eigenvalue weighted by atomic mass is 10.1. The molecule has 0 radical (unpaired) electrons. The summed E-state index contributed by atoms with van der Waals surface area (Å²) >= 11 is 0. The molecule has 4 nitrogen and oxygen atoms in total. The van der Waals surface area contributed by atoms with E-state index in [0.29, 0.717) is 23.5 Å². The lowest BCUT2D eigenvalue weighted by molar-refractivity contribution is 0.102. The molecule has 0 spiro atoms. The van der Waals surface area contributed by atoms with Gasteiger partial charge in [0.15, 0.2) is 0 Å². The predicted octanol–water partition coefficient (Wildman–Crippen LogP) is 4.39. The van der Waals surface area contributed by atoms with Crippen LogP contribution in [-0.4, -0.2) is 10.9 Å². The van der Waals surface area contributed by atoms with E-state index < -0.39 is 0 Å². The second-order valence-electron chi connectivity index (χ2n) is 5.65. The number of amides is 1. The van der Waals surface area contributed by atoms with Crippen LogP contribution in [-0.2, 0) is 6.54 Å². The van der Waals surface area contributed by atoms with Gasteiger partial charge in [0.2, 0.25) is 0 Å². The Hall–Kier alpha value is -3.21. The molecular formula is C20H18FN3O. The highest BCUT2D eigenvalue weighted by molar-refractivity contribution is 6.04. The first-order chi connectivity index (χ1) is 12.1. The Balaban J connectivity index is 1.62. The van der Waals surface area contributed by atoms with E-state index >= 15 is 0 Å². The largest absolute Gasteiger partial charge is 0.380 e. The molecule has 0 atom stereocenters. The fourth-order valence-corrected chi connectivity index (χ4v) is 2.42. The lowest BCUT2D eigenvalue weighted by Crippen LogP contribution is -2.14. The normalized spacial score (nSPS) is 10.3. The molecule has 3 rings (SSSR count). The number of benzene rings is 2. The summed E-state index contributed by atoms with van der Waals surface area (Å²) in [6, 6.07) is 17.5. The maximum Gasteiger partial charge on any atom is 0.257 e. The lowest BCUT2D eigenvalue weighted by Gasteiger charge is -2.09. The van der Waals surface area contributed by atoms with Crippen LogP contribution in [0.15, 0.2) is 66.9 Å². The van der Waals surface area contributed by atoms with Crippen LogP contribution in [0.5, 0.6) is 0 Å². The molecule has 0 unspecified atom stereocenters. The molecular weight excluding hydrogens is 317 g/mol. The molecule has 0 saturated heterocycles. The summed E-state index contributed by atoms with van der Waals surface area (Å²) in [7, 11) is 0. The van der Waals surface area contributed by atoms with E-state index in [0.717, 1.165) is 11.3 Å². The second kappa shape index (κ2) is 7.57. The van der Waals surface area contributed by atoms with Gasteiger partial charge in [0.05, 0.1) is 11.9 Å². The number of aryl methyl sites for hydroxylation is 1. The van der Waals surface area contributed by atoms with Gasteiger partial charge in [-0.3, -0.25) is 4.79 Å². The summed E-state index contributed by atoms with van der Waals surface area (Å²) in [5, 5.41) is 5.88. The molecule has 3 aromatic rings. The Labute approximate surface area is 145 Å². The minimum atomic E-state index is -0.245. The number of nitrogens with zero attached hydrogens (tertiary/aromatic N) is 1. The molecule has 2 aromatic carbocycles. The van der Waals surface area contributed by atoms with Crippen LogP contribution in [0.3, 0.4) is 0 Å². The van der Waals surface area contributed by atoms with Gasteiger partial charge in [-0.2, -0.15) is 0 Å². The highest BCUT2D eigenvalue weighted by Gasteiger charge is 2.09. The standard InChI is InChI=1S/C20H18FN3O/c1-14-6-2-4-8-17(14)20(25)24-19-11-10-16(13-23-19)22-12-15-7-3-5-9-18(15)21/h2-11,13,22H,12H2,1H3,(H,23,24,25). The van der Waals surface area contributed by atoms with Crippen molar-refractivity contribution in [2.45, 2.75) is 13.5 Å². The third-order valence-electron chi connectivity index (χ3n) is 3.84. The zero-order chi connectivity index (χ0) is 17.6. The first-order valence-electron chi connectivity index (χ1n) is 7.94. The molecule has 1 amide bonds. The van der Waals surface area contributed by atoms with E-state index in [1.165, 1.54) is 6.07 Å². The van der Waals surface area contributed by atoms with Gasteiger partial charge in [-0.25, -0.2) is 9.37 Å². The molecule has 2 N–H and O–H groups in total. The van der Waals surface area contributed by atoms with Crippen molar-refractivity contribution in [3.8, 4) is 0 Å². The molecule has 1 aromatic heterocycles.